The highest BCUT2D eigenvalue weighted by Gasteiger charge is 2.11. The first kappa shape index (κ1) is 13.7. The maximum Gasteiger partial charge on any atom is 0.322 e. The summed E-state index contributed by atoms with van der Waals surface area (Å²) in [6.07, 6.45) is 0.287. The fourth-order valence-corrected chi connectivity index (χ4v) is 1.70. The molecular formula is C12H14BrNO3. The number of carbonyl (C=O) groups excluding carboxylic acids is 1. The number of carboxylic acid groups (broad SMARTS) is 1. The summed E-state index contributed by atoms with van der Waals surface area (Å²) in [5.41, 5.74) is 1.05. The number of nitrogens with one attached hydrogen (secondary N) is 1. The zero-order valence-electron chi connectivity index (χ0n) is 9.44. The van der Waals surface area contributed by atoms with Crippen molar-refractivity contribution in [2.24, 2.45) is 0 Å². The number of halogens is 1. The number of benzene rings is 1. The summed E-state index contributed by atoms with van der Waals surface area (Å²) in [7, 11) is 0. The molecule has 92 valence electrons. The summed E-state index contributed by atoms with van der Waals surface area (Å²) in [6.45, 7) is 1.61. The van der Waals surface area contributed by atoms with Gasteiger partial charge in [0.05, 0.1) is 0 Å². The van der Waals surface area contributed by atoms with Crippen molar-refractivity contribution in [3.63, 3.8) is 0 Å². The molecule has 0 aliphatic heterocycles. The third kappa shape index (κ3) is 4.99. The molecule has 2 N–H and O–H groups in total. The largest absolute Gasteiger partial charge is 0.480 e. The van der Waals surface area contributed by atoms with Crippen molar-refractivity contribution in [2.45, 2.75) is 19.3 Å². The van der Waals surface area contributed by atoms with E-state index >= 15 is 0 Å². The van der Waals surface area contributed by atoms with E-state index in [9.17, 15) is 9.59 Å². The number of carboxylic acids is 1. The Hall–Kier alpha value is -1.36. The van der Waals surface area contributed by atoms with Crippen LogP contribution in [0.15, 0.2) is 28.7 Å². The van der Waals surface area contributed by atoms with E-state index in [1.165, 1.54) is 0 Å². The predicted octanol–water partition coefficient (Wildman–Crippen LogP) is 2.14. The Morgan fingerprint density at radius 2 is 1.94 bits per heavy atom. The van der Waals surface area contributed by atoms with Gasteiger partial charge in [-0.3, -0.25) is 9.59 Å². The molecule has 0 spiro atoms. The van der Waals surface area contributed by atoms with Crippen LogP contribution >= 0.6 is 15.9 Å². The van der Waals surface area contributed by atoms with Gasteiger partial charge in [0.2, 0.25) is 5.91 Å². The lowest BCUT2D eigenvalue weighted by atomic mass is 9.98. The highest BCUT2D eigenvalue weighted by atomic mass is 79.9. The third-order valence-corrected chi connectivity index (χ3v) is 2.90. The highest BCUT2D eigenvalue weighted by Crippen LogP contribution is 2.20. The molecule has 1 aromatic carbocycles. The quantitative estimate of drug-likeness (QED) is 0.875. The van der Waals surface area contributed by atoms with Gasteiger partial charge in [0, 0.05) is 10.9 Å². The maximum absolute atomic E-state index is 11.4. The van der Waals surface area contributed by atoms with Crippen molar-refractivity contribution in [1.82, 2.24) is 5.32 Å². The van der Waals surface area contributed by atoms with E-state index in [-0.39, 0.29) is 24.8 Å². The number of aliphatic carboxylic acids is 1. The summed E-state index contributed by atoms with van der Waals surface area (Å²) < 4.78 is 0.990. The number of hydrogen-bond donors (Lipinski definition) is 2. The Bertz CT molecular complexity index is 403. The molecule has 0 aromatic heterocycles. The summed E-state index contributed by atoms with van der Waals surface area (Å²) in [5.74, 6) is -1.21. The van der Waals surface area contributed by atoms with Gasteiger partial charge in [0.25, 0.3) is 0 Å². The first-order valence-electron chi connectivity index (χ1n) is 5.23. The molecule has 0 fully saturated rings. The average Bonchev–Trinajstić information content (AvgIpc) is 2.27. The highest BCUT2D eigenvalue weighted by molar-refractivity contribution is 9.10. The fourth-order valence-electron chi connectivity index (χ4n) is 1.43. The lowest BCUT2D eigenvalue weighted by Crippen LogP contribution is -2.29. The zero-order valence-corrected chi connectivity index (χ0v) is 11.0. The van der Waals surface area contributed by atoms with Gasteiger partial charge in [0.15, 0.2) is 0 Å². The van der Waals surface area contributed by atoms with E-state index in [4.69, 9.17) is 5.11 Å². The molecule has 0 bridgehead atoms. The van der Waals surface area contributed by atoms with Gasteiger partial charge in [0.1, 0.15) is 6.54 Å². The van der Waals surface area contributed by atoms with Crippen LogP contribution in [0.2, 0.25) is 0 Å². The van der Waals surface area contributed by atoms with Crippen molar-refractivity contribution >= 4 is 27.8 Å². The summed E-state index contributed by atoms with van der Waals surface area (Å²) in [4.78, 5) is 21.7. The molecule has 0 radical (unpaired) electrons. The Morgan fingerprint density at radius 3 is 2.47 bits per heavy atom. The van der Waals surface area contributed by atoms with Crippen LogP contribution in [-0.4, -0.2) is 23.5 Å². The molecule has 1 unspecified atom stereocenters. The van der Waals surface area contributed by atoms with E-state index in [2.05, 4.69) is 21.2 Å². The van der Waals surface area contributed by atoms with Gasteiger partial charge >= 0.3 is 5.97 Å². The summed E-state index contributed by atoms with van der Waals surface area (Å²) in [5, 5.41) is 10.8. The summed E-state index contributed by atoms with van der Waals surface area (Å²) >= 11 is 3.34. The monoisotopic (exact) mass is 299 g/mol. The van der Waals surface area contributed by atoms with Crippen molar-refractivity contribution in [3.05, 3.63) is 34.3 Å². The molecule has 17 heavy (non-hydrogen) atoms. The van der Waals surface area contributed by atoms with Crippen molar-refractivity contribution in [3.8, 4) is 0 Å². The molecule has 0 saturated heterocycles. The van der Waals surface area contributed by atoms with Crippen LogP contribution in [0.5, 0.6) is 0 Å². The van der Waals surface area contributed by atoms with Crippen LogP contribution in [0, 0.1) is 0 Å². The molecule has 1 rings (SSSR count). The molecule has 1 amide bonds. The van der Waals surface area contributed by atoms with Crippen LogP contribution in [0.4, 0.5) is 0 Å². The van der Waals surface area contributed by atoms with Crippen molar-refractivity contribution in [2.75, 3.05) is 6.54 Å². The zero-order chi connectivity index (χ0) is 12.8. The molecule has 0 saturated carbocycles. The van der Waals surface area contributed by atoms with E-state index in [1.807, 2.05) is 31.2 Å². The molecular weight excluding hydrogens is 286 g/mol. The average molecular weight is 300 g/mol. The van der Waals surface area contributed by atoms with Gasteiger partial charge in [-0.2, -0.15) is 0 Å². The second-order valence-electron chi connectivity index (χ2n) is 3.83. The maximum atomic E-state index is 11.4. The van der Waals surface area contributed by atoms with Crippen LogP contribution < -0.4 is 5.32 Å². The Balaban J connectivity index is 2.48. The van der Waals surface area contributed by atoms with Crippen LogP contribution in [0.3, 0.4) is 0 Å². The number of rotatable bonds is 5. The van der Waals surface area contributed by atoms with Gasteiger partial charge < -0.3 is 10.4 Å². The SMILES string of the molecule is CC(CC(=O)NCC(=O)O)c1ccc(Br)cc1. The first-order valence-corrected chi connectivity index (χ1v) is 6.02. The Labute approximate surface area is 108 Å². The second kappa shape index (κ2) is 6.39. The van der Waals surface area contributed by atoms with E-state index in [0.717, 1.165) is 10.0 Å². The molecule has 0 aliphatic rings. The minimum absolute atomic E-state index is 0.0666. The first-order chi connectivity index (χ1) is 7.99. The predicted molar refractivity (Wildman–Crippen MR) is 67.8 cm³/mol. The van der Waals surface area contributed by atoms with E-state index in [0.29, 0.717) is 0 Å². The molecule has 1 aromatic rings. The van der Waals surface area contributed by atoms with Gasteiger partial charge in [-0.1, -0.05) is 35.0 Å². The van der Waals surface area contributed by atoms with E-state index < -0.39 is 5.97 Å². The molecule has 0 heterocycles. The minimum Gasteiger partial charge on any atom is -0.480 e. The topological polar surface area (TPSA) is 66.4 Å². The molecule has 0 aliphatic carbocycles. The standard InChI is InChI=1S/C12H14BrNO3/c1-8(6-11(15)14-7-12(16)17)9-2-4-10(13)5-3-9/h2-5,8H,6-7H2,1H3,(H,14,15)(H,16,17). The van der Waals surface area contributed by atoms with E-state index in [1.54, 1.807) is 0 Å². The number of hydrogen-bond acceptors (Lipinski definition) is 2. The van der Waals surface area contributed by atoms with Crippen LogP contribution in [-0.2, 0) is 9.59 Å². The number of carbonyl (C=O) groups is 2. The molecule has 4 nitrogen and oxygen atoms in total. The Morgan fingerprint density at radius 1 is 1.35 bits per heavy atom. The van der Waals surface area contributed by atoms with Gasteiger partial charge in [-0.15, -0.1) is 0 Å². The fraction of sp³-hybridized carbons (Fsp3) is 0.333. The molecule has 1 atom stereocenters. The molecule has 5 heteroatoms. The lowest BCUT2D eigenvalue weighted by molar-refractivity contribution is -0.138. The second-order valence-corrected chi connectivity index (χ2v) is 4.74. The minimum atomic E-state index is -1.03. The van der Waals surface area contributed by atoms with Gasteiger partial charge in [-0.05, 0) is 23.6 Å². The number of amides is 1. The van der Waals surface area contributed by atoms with Crippen LogP contribution in [0.1, 0.15) is 24.8 Å². The van der Waals surface area contributed by atoms with Gasteiger partial charge in [-0.25, -0.2) is 0 Å². The normalized spacial score (nSPS) is 11.9. The third-order valence-electron chi connectivity index (χ3n) is 2.37. The van der Waals surface area contributed by atoms with Crippen molar-refractivity contribution in [1.29, 1.82) is 0 Å². The smallest absolute Gasteiger partial charge is 0.322 e. The van der Waals surface area contributed by atoms with Crippen molar-refractivity contribution < 1.29 is 14.7 Å². The lowest BCUT2D eigenvalue weighted by Gasteiger charge is -2.11. The Kier molecular flexibility index (Phi) is 5.15. The van der Waals surface area contributed by atoms with Crippen LogP contribution in [0.25, 0.3) is 0 Å². The summed E-state index contributed by atoms with van der Waals surface area (Å²) in [6, 6.07) is 7.72.